The van der Waals surface area contributed by atoms with Gasteiger partial charge in [-0.25, -0.2) is 9.37 Å². The minimum Gasteiger partial charge on any atom is -0.314 e. The monoisotopic (exact) mass is 276 g/mol. The van der Waals surface area contributed by atoms with Gasteiger partial charge in [0.1, 0.15) is 5.82 Å². The second-order valence-electron chi connectivity index (χ2n) is 5.05. The maximum absolute atomic E-state index is 13.1. The van der Waals surface area contributed by atoms with Crippen LogP contribution in [0, 0.1) is 5.82 Å². The molecule has 1 fully saturated rings. The maximum atomic E-state index is 13.1. The van der Waals surface area contributed by atoms with Crippen molar-refractivity contribution in [2.45, 2.75) is 31.2 Å². The molecule has 0 bridgehead atoms. The van der Waals surface area contributed by atoms with E-state index in [9.17, 15) is 4.39 Å². The summed E-state index contributed by atoms with van der Waals surface area (Å²) in [6, 6.07) is 7.57. The summed E-state index contributed by atoms with van der Waals surface area (Å²) in [5.74, 6) is 0.394. The zero-order chi connectivity index (χ0) is 13.1. The van der Waals surface area contributed by atoms with E-state index in [1.807, 2.05) is 17.6 Å². The van der Waals surface area contributed by atoms with Crippen LogP contribution in [0.1, 0.15) is 29.3 Å². The average Bonchev–Trinajstić information content (AvgIpc) is 2.85. The van der Waals surface area contributed by atoms with Crippen molar-refractivity contribution in [2.24, 2.45) is 0 Å². The Balaban J connectivity index is 1.41. The van der Waals surface area contributed by atoms with Gasteiger partial charge in [0.25, 0.3) is 0 Å². The molecule has 0 saturated heterocycles. The number of hydrogen-bond acceptors (Lipinski definition) is 3. The summed E-state index contributed by atoms with van der Waals surface area (Å²) in [6.07, 6.45) is 5.07. The van der Waals surface area contributed by atoms with Crippen LogP contribution >= 0.6 is 11.3 Å². The zero-order valence-electron chi connectivity index (χ0n) is 10.7. The Morgan fingerprint density at radius 1 is 1.37 bits per heavy atom. The van der Waals surface area contributed by atoms with E-state index in [4.69, 9.17) is 0 Å². The van der Waals surface area contributed by atoms with E-state index in [0.29, 0.717) is 12.0 Å². The van der Waals surface area contributed by atoms with Gasteiger partial charge in [-0.1, -0.05) is 12.1 Å². The summed E-state index contributed by atoms with van der Waals surface area (Å²) in [7, 11) is 0. The molecule has 0 unspecified atom stereocenters. The third-order valence-corrected chi connectivity index (χ3v) is 4.55. The highest BCUT2D eigenvalue weighted by Gasteiger charge is 2.29. The van der Waals surface area contributed by atoms with Gasteiger partial charge in [-0.15, -0.1) is 11.3 Å². The first-order chi connectivity index (χ1) is 9.31. The van der Waals surface area contributed by atoms with Gasteiger partial charge in [-0.3, -0.25) is 0 Å². The molecule has 2 nitrogen and oxygen atoms in total. The van der Waals surface area contributed by atoms with Crippen LogP contribution in [-0.4, -0.2) is 17.6 Å². The van der Waals surface area contributed by atoms with Crippen molar-refractivity contribution < 1.29 is 4.39 Å². The van der Waals surface area contributed by atoms with E-state index in [1.165, 1.54) is 11.1 Å². The number of hydrogen-bond donors (Lipinski definition) is 1. The molecule has 2 aromatic rings. The van der Waals surface area contributed by atoms with E-state index in [0.717, 1.165) is 31.4 Å². The van der Waals surface area contributed by atoms with Gasteiger partial charge in [0.2, 0.25) is 0 Å². The Labute approximate surface area is 116 Å². The number of nitrogens with zero attached hydrogens (tertiary/aromatic N) is 1. The predicted octanol–water partition coefficient (Wildman–Crippen LogP) is 3.36. The summed E-state index contributed by atoms with van der Waals surface area (Å²) in [5.41, 5.74) is 1.14. The normalized spacial score (nSPS) is 22.2. The van der Waals surface area contributed by atoms with Crippen LogP contribution in [0.25, 0.3) is 0 Å². The minimum absolute atomic E-state index is 0.127. The SMILES string of the molecule is Fc1cccc(C2CC(NCCc3nccs3)C2)c1. The number of rotatable bonds is 5. The third kappa shape index (κ3) is 3.19. The first-order valence-electron chi connectivity index (χ1n) is 6.68. The molecule has 1 aliphatic carbocycles. The lowest BCUT2D eigenvalue weighted by atomic mass is 9.76. The zero-order valence-corrected chi connectivity index (χ0v) is 11.5. The fourth-order valence-electron chi connectivity index (χ4n) is 2.58. The molecule has 0 atom stereocenters. The van der Waals surface area contributed by atoms with Crippen LogP contribution in [0.5, 0.6) is 0 Å². The summed E-state index contributed by atoms with van der Waals surface area (Å²) in [5, 5.41) is 6.75. The van der Waals surface area contributed by atoms with Gasteiger partial charge in [-0.2, -0.15) is 0 Å². The van der Waals surface area contributed by atoms with E-state index >= 15 is 0 Å². The number of halogens is 1. The lowest BCUT2D eigenvalue weighted by Gasteiger charge is -2.36. The van der Waals surface area contributed by atoms with Gasteiger partial charge in [-0.05, 0) is 36.5 Å². The molecule has 1 aliphatic rings. The third-order valence-electron chi connectivity index (χ3n) is 3.71. The number of nitrogens with one attached hydrogen (secondary N) is 1. The van der Waals surface area contributed by atoms with Crippen molar-refractivity contribution in [1.29, 1.82) is 0 Å². The maximum Gasteiger partial charge on any atom is 0.123 e. The minimum atomic E-state index is -0.127. The average molecular weight is 276 g/mol. The first-order valence-corrected chi connectivity index (χ1v) is 7.56. The lowest BCUT2D eigenvalue weighted by Crippen LogP contribution is -2.40. The molecule has 0 radical (unpaired) electrons. The highest BCUT2D eigenvalue weighted by molar-refractivity contribution is 7.09. The summed E-state index contributed by atoms with van der Waals surface area (Å²) >= 11 is 1.71. The molecule has 1 aromatic carbocycles. The Morgan fingerprint density at radius 3 is 3.00 bits per heavy atom. The number of aromatic nitrogens is 1. The molecule has 19 heavy (non-hydrogen) atoms. The molecular weight excluding hydrogens is 259 g/mol. The Morgan fingerprint density at radius 2 is 2.26 bits per heavy atom. The smallest absolute Gasteiger partial charge is 0.123 e. The highest BCUT2D eigenvalue weighted by atomic mass is 32.1. The summed E-state index contributed by atoms with van der Waals surface area (Å²) < 4.78 is 13.1. The Kier molecular flexibility index (Phi) is 3.89. The molecule has 1 saturated carbocycles. The van der Waals surface area contributed by atoms with Gasteiger partial charge in [0.15, 0.2) is 0 Å². The Bertz CT molecular complexity index is 521. The van der Waals surface area contributed by atoms with Crippen molar-refractivity contribution in [2.75, 3.05) is 6.54 Å². The molecule has 1 N–H and O–H groups in total. The van der Waals surface area contributed by atoms with Crippen LogP contribution < -0.4 is 5.32 Å². The quantitative estimate of drug-likeness (QED) is 0.905. The summed E-state index contributed by atoms with van der Waals surface area (Å²) in [4.78, 5) is 4.27. The van der Waals surface area contributed by atoms with Crippen LogP contribution in [0.4, 0.5) is 4.39 Å². The van der Waals surface area contributed by atoms with Crippen LogP contribution in [0.15, 0.2) is 35.8 Å². The summed E-state index contributed by atoms with van der Waals surface area (Å²) in [6.45, 7) is 0.980. The van der Waals surface area contributed by atoms with E-state index in [2.05, 4.69) is 10.3 Å². The molecule has 4 heteroatoms. The van der Waals surface area contributed by atoms with Gasteiger partial charge < -0.3 is 5.32 Å². The van der Waals surface area contributed by atoms with Crippen molar-refractivity contribution in [3.8, 4) is 0 Å². The van der Waals surface area contributed by atoms with Crippen molar-refractivity contribution >= 4 is 11.3 Å². The van der Waals surface area contributed by atoms with Crippen LogP contribution in [-0.2, 0) is 6.42 Å². The fourth-order valence-corrected chi connectivity index (χ4v) is 3.20. The molecule has 100 valence electrons. The second kappa shape index (κ2) is 5.80. The number of benzene rings is 1. The van der Waals surface area contributed by atoms with Crippen molar-refractivity contribution in [3.05, 3.63) is 52.2 Å². The molecule has 1 aromatic heterocycles. The van der Waals surface area contributed by atoms with Crippen LogP contribution in [0.2, 0.25) is 0 Å². The highest BCUT2D eigenvalue weighted by Crippen LogP contribution is 2.36. The molecule has 0 aliphatic heterocycles. The van der Waals surface area contributed by atoms with E-state index in [-0.39, 0.29) is 5.82 Å². The molecule has 0 spiro atoms. The molecule has 1 heterocycles. The van der Waals surface area contributed by atoms with Gasteiger partial charge >= 0.3 is 0 Å². The Hall–Kier alpha value is -1.26. The largest absolute Gasteiger partial charge is 0.314 e. The predicted molar refractivity (Wildman–Crippen MR) is 76.0 cm³/mol. The molecule has 3 rings (SSSR count). The van der Waals surface area contributed by atoms with E-state index < -0.39 is 0 Å². The van der Waals surface area contributed by atoms with Crippen molar-refractivity contribution in [1.82, 2.24) is 10.3 Å². The first kappa shape index (κ1) is 12.8. The van der Waals surface area contributed by atoms with Gasteiger partial charge in [0, 0.05) is 30.6 Å². The standard InChI is InChI=1S/C15H17FN2S/c16-13-3-1-2-11(8-13)12-9-14(10-12)17-5-4-15-18-6-7-19-15/h1-3,6-8,12,14,17H,4-5,9-10H2. The fraction of sp³-hybridized carbons (Fsp3) is 0.400. The van der Waals surface area contributed by atoms with E-state index in [1.54, 1.807) is 23.5 Å². The van der Waals surface area contributed by atoms with Crippen LogP contribution in [0.3, 0.4) is 0 Å². The topological polar surface area (TPSA) is 24.9 Å². The molecule has 0 amide bonds. The van der Waals surface area contributed by atoms with Gasteiger partial charge in [0.05, 0.1) is 5.01 Å². The lowest BCUT2D eigenvalue weighted by molar-refractivity contribution is 0.292. The van der Waals surface area contributed by atoms with Crippen molar-refractivity contribution in [3.63, 3.8) is 0 Å². The second-order valence-corrected chi connectivity index (χ2v) is 6.03. The molecular formula is C15H17FN2S. The number of thiazole rings is 1.